The van der Waals surface area contributed by atoms with E-state index in [9.17, 15) is 0 Å². The van der Waals surface area contributed by atoms with Crippen molar-refractivity contribution in [1.82, 2.24) is 9.55 Å². The molecule has 1 heterocycles. The molecular weight excluding hydrogens is 296 g/mol. The van der Waals surface area contributed by atoms with Crippen LogP contribution < -0.4 is 4.74 Å². The third-order valence-corrected chi connectivity index (χ3v) is 3.21. The van der Waals surface area contributed by atoms with Gasteiger partial charge in [0.2, 0.25) is 0 Å². The second-order valence-corrected chi connectivity index (χ2v) is 4.85. The Labute approximate surface area is 136 Å². The molecule has 2 rings (SSSR count). The molecule has 2 aromatic rings. The van der Waals surface area contributed by atoms with Gasteiger partial charge in [-0.25, -0.2) is 0 Å². The number of nitrogens with zero attached hydrogens (tertiary/aromatic N) is 2. The topological polar surface area (TPSA) is 54.7 Å². The lowest BCUT2D eigenvalue weighted by molar-refractivity contribution is 0.0229. The highest BCUT2D eigenvalue weighted by Crippen LogP contribution is 2.21. The molecule has 0 aliphatic heterocycles. The molecule has 0 N–H and O–H groups in total. The van der Waals surface area contributed by atoms with Crippen molar-refractivity contribution in [3.05, 3.63) is 36.9 Å². The van der Waals surface area contributed by atoms with Gasteiger partial charge in [-0.05, 0) is 12.1 Å². The molecule has 23 heavy (non-hydrogen) atoms. The van der Waals surface area contributed by atoms with E-state index in [2.05, 4.69) is 11.6 Å². The molecule has 0 saturated carbocycles. The summed E-state index contributed by atoms with van der Waals surface area (Å²) in [6.07, 6.45) is 1.71. The zero-order chi connectivity index (χ0) is 16.3. The maximum absolute atomic E-state index is 5.63. The van der Waals surface area contributed by atoms with Crippen molar-refractivity contribution in [1.29, 1.82) is 0 Å². The maximum atomic E-state index is 5.63. The molecule has 0 saturated heterocycles. The van der Waals surface area contributed by atoms with E-state index in [-0.39, 0.29) is 0 Å². The summed E-state index contributed by atoms with van der Waals surface area (Å²) in [4.78, 5) is 4.50. The first-order chi connectivity index (χ1) is 11.4. The van der Waals surface area contributed by atoms with Crippen LogP contribution in [0.15, 0.2) is 36.9 Å². The van der Waals surface area contributed by atoms with E-state index in [1.165, 1.54) is 0 Å². The van der Waals surface area contributed by atoms with Crippen LogP contribution in [0.25, 0.3) is 11.0 Å². The predicted octanol–water partition coefficient (Wildman–Crippen LogP) is 2.28. The third-order valence-electron chi connectivity index (χ3n) is 3.21. The van der Waals surface area contributed by atoms with E-state index in [0.29, 0.717) is 52.2 Å². The molecule has 0 radical (unpaired) electrons. The Morgan fingerprint density at radius 2 is 1.83 bits per heavy atom. The summed E-state index contributed by atoms with van der Waals surface area (Å²) in [6.45, 7) is 7.64. The first-order valence-electron chi connectivity index (χ1n) is 7.70. The van der Waals surface area contributed by atoms with E-state index in [0.717, 1.165) is 11.0 Å². The summed E-state index contributed by atoms with van der Waals surface area (Å²) in [6, 6.07) is 8.53. The second kappa shape index (κ2) is 9.99. The fraction of sp³-hybridized carbons (Fsp3) is 0.471. The molecule has 0 aliphatic rings. The Morgan fingerprint density at radius 1 is 1.09 bits per heavy atom. The lowest BCUT2D eigenvalue weighted by Crippen LogP contribution is -2.12. The van der Waals surface area contributed by atoms with Crippen molar-refractivity contribution >= 4 is 11.0 Å². The molecule has 0 atom stereocenters. The van der Waals surface area contributed by atoms with Crippen LogP contribution in [-0.4, -0.2) is 56.3 Å². The molecular formula is C17H24N2O4. The van der Waals surface area contributed by atoms with Crippen molar-refractivity contribution in [3.8, 4) is 6.01 Å². The third kappa shape index (κ3) is 5.35. The second-order valence-electron chi connectivity index (χ2n) is 4.85. The Morgan fingerprint density at radius 3 is 2.61 bits per heavy atom. The first kappa shape index (κ1) is 17.5. The standard InChI is InChI=1S/C17H24N2O4/c1-3-9-23-17-18-15-6-4-5-7-16(15)19(17)8-10-21-13-14-22-12-11-20-2/h3-7H,1,8-14H2,2H3. The van der Waals surface area contributed by atoms with Gasteiger partial charge in [0.1, 0.15) is 6.61 Å². The molecule has 6 nitrogen and oxygen atoms in total. The smallest absolute Gasteiger partial charge is 0.297 e. The van der Waals surface area contributed by atoms with E-state index < -0.39 is 0 Å². The quantitative estimate of drug-likeness (QED) is 0.444. The molecule has 0 unspecified atom stereocenters. The number of imidazole rings is 1. The normalized spacial score (nSPS) is 11.0. The van der Waals surface area contributed by atoms with E-state index in [4.69, 9.17) is 18.9 Å². The minimum Gasteiger partial charge on any atom is -0.460 e. The van der Waals surface area contributed by atoms with Crippen LogP contribution in [0.4, 0.5) is 0 Å². The lowest BCUT2D eigenvalue weighted by atomic mass is 10.3. The number of para-hydroxylation sites is 2. The van der Waals surface area contributed by atoms with Gasteiger partial charge in [-0.15, -0.1) is 0 Å². The van der Waals surface area contributed by atoms with Gasteiger partial charge in [-0.1, -0.05) is 24.8 Å². The first-order valence-corrected chi connectivity index (χ1v) is 7.70. The monoisotopic (exact) mass is 320 g/mol. The summed E-state index contributed by atoms with van der Waals surface area (Å²) in [5, 5.41) is 0. The summed E-state index contributed by atoms with van der Waals surface area (Å²) < 4.78 is 23.5. The fourth-order valence-corrected chi connectivity index (χ4v) is 2.13. The Kier molecular flexibility index (Phi) is 7.59. The summed E-state index contributed by atoms with van der Waals surface area (Å²) in [7, 11) is 1.65. The van der Waals surface area contributed by atoms with Crippen molar-refractivity contribution in [3.63, 3.8) is 0 Å². The summed E-state index contributed by atoms with van der Waals surface area (Å²) >= 11 is 0. The minimum absolute atomic E-state index is 0.428. The number of hydrogen-bond acceptors (Lipinski definition) is 5. The molecule has 0 spiro atoms. The molecule has 126 valence electrons. The van der Waals surface area contributed by atoms with Gasteiger partial charge >= 0.3 is 0 Å². The number of rotatable bonds is 12. The van der Waals surface area contributed by atoms with Crippen molar-refractivity contribution in [2.45, 2.75) is 6.54 Å². The van der Waals surface area contributed by atoms with Crippen LogP contribution >= 0.6 is 0 Å². The van der Waals surface area contributed by atoms with Crippen molar-refractivity contribution in [2.24, 2.45) is 0 Å². The van der Waals surface area contributed by atoms with Gasteiger partial charge in [0.05, 0.1) is 50.6 Å². The Bertz CT molecular complexity index is 597. The highest BCUT2D eigenvalue weighted by Gasteiger charge is 2.10. The van der Waals surface area contributed by atoms with Gasteiger partial charge in [-0.3, -0.25) is 4.57 Å². The molecule has 0 amide bonds. The van der Waals surface area contributed by atoms with Crippen LogP contribution in [0.2, 0.25) is 0 Å². The van der Waals surface area contributed by atoms with Crippen LogP contribution in [0.1, 0.15) is 0 Å². The summed E-state index contributed by atoms with van der Waals surface area (Å²) in [5.41, 5.74) is 1.95. The van der Waals surface area contributed by atoms with Gasteiger partial charge in [-0.2, -0.15) is 4.98 Å². The van der Waals surface area contributed by atoms with E-state index in [1.54, 1.807) is 13.2 Å². The maximum Gasteiger partial charge on any atom is 0.297 e. The zero-order valence-corrected chi connectivity index (χ0v) is 13.6. The van der Waals surface area contributed by atoms with Crippen molar-refractivity contribution in [2.75, 3.05) is 46.8 Å². The number of aromatic nitrogens is 2. The van der Waals surface area contributed by atoms with Crippen LogP contribution in [0, 0.1) is 0 Å². The Balaban J connectivity index is 1.84. The number of hydrogen-bond donors (Lipinski definition) is 0. The van der Waals surface area contributed by atoms with Gasteiger partial charge in [0.15, 0.2) is 0 Å². The predicted molar refractivity (Wildman–Crippen MR) is 88.9 cm³/mol. The Hall–Kier alpha value is -1.89. The highest BCUT2D eigenvalue weighted by molar-refractivity contribution is 5.76. The summed E-state index contributed by atoms with van der Waals surface area (Å²) in [5.74, 6) is 0. The average molecular weight is 320 g/mol. The highest BCUT2D eigenvalue weighted by atomic mass is 16.5. The lowest BCUT2D eigenvalue weighted by Gasteiger charge is -2.10. The van der Waals surface area contributed by atoms with Gasteiger partial charge < -0.3 is 18.9 Å². The minimum atomic E-state index is 0.428. The van der Waals surface area contributed by atoms with E-state index >= 15 is 0 Å². The fourth-order valence-electron chi connectivity index (χ4n) is 2.13. The zero-order valence-electron chi connectivity index (χ0n) is 13.6. The molecule has 0 bridgehead atoms. The largest absolute Gasteiger partial charge is 0.460 e. The SMILES string of the molecule is C=CCOc1nc2ccccc2n1CCOCCOCCOC. The van der Waals surface area contributed by atoms with Crippen molar-refractivity contribution < 1.29 is 18.9 Å². The van der Waals surface area contributed by atoms with Gasteiger partial charge in [0.25, 0.3) is 6.01 Å². The van der Waals surface area contributed by atoms with Crippen LogP contribution in [0.3, 0.4) is 0 Å². The molecule has 1 aromatic carbocycles. The molecule has 6 heteroatoms. The van der Waals surface area contributed by atoms with E-state index in [1.807, 2.05) is 28.8 Å². The number of fused-ring (bicyclic) bond motifs is 1. The molecule has 0 aliphatic carbocycles. The molecule has 1 aromatic heterocycles. The molecule has 0 fully saturated rings. The number of benzene rings is 1. The average Bonchev–Trinajstić information content (AvgIpc) is 2.93. The van der Waals surface area contributed by atoms with Crippen LogP contribution in [0.5, 0.6) is 6.01 Å². The van der Waals surface area contributed by atoms with Crippen LogP contribution in [-0.2, 0) is 20.8 Å². The number of ether oxygens (including phenoxy) is 4. The number of methoxy groups -OCH3 is 1. The van der Waals surface area contributed by atoms with Gasteiger partial charge in [0, 0.05) is 7.11 Å².